The quantitative estimate of drug-likeness (QED) is 0.909. The molecule has 0 radical (unpaired) electrons. The zero-order valence-corrected chi connectivity index (χ0v) is 12.7. The Morgan fingerprint density at radius 2 is 2.06 bits per heavy atom. The zero-order chi connectivity index (χ0) is 13.1. The van der Waals surface area contributed by atoms with Crippen LogP contribution < -0.4 is 4.74 Å². The fraction of sp³-hybridized carbons (Fsp3) is 0.600. The highest BCUT2D eigenvalue weighted by Gasteiger charge is 2.22. The number of hydrogen-bond acceptors (Lipinski definition) is 2. The number of aliphatic hydroxyl groups excluding tert-OH is 1. The SMILES string of the molecule is COc1c(Br)cc(CC(C)O)cc1C1CCCC1. The maximum absolute atomic E-state index is 9.53. The van der Waals surface area contributed by atoms with Crippen LogP contribution in [-0.2, 0) is 6.42 Å². The van der Waals surface area contributed by atoms with Gasteiger partial charge < -0.3 is 9.84 Å². The summed E-state index contributed by atoms with van der Waals surface area (Å²) in [7, 11) is 1.73. The van der Waals surface area contributed by atoms with Crippen LogP contribution in [0.1, 0.15) is 49.7 Å². The van der Waals surface area contributed by atoms with Gasteiger partial charge in [-0.3, -0.25) is 0 Å². The maximum Gasteiger partial charge on any atom is 0.136 e. The molecular weight excluding hydrogens is 292 g/mol. The number of ether oxygens (including phenoxy) is 1. The van der Waals surface area contributed by atoms with E-state index in [1.807, 2.05) is 6.92 Å². The average Bonchev–Trinajstić information content (AvgIpc) is 2.80. The van der Waals surface area contributed by atoms with E-state index in [0.29, 0.717) is 12.3 Å². The third kappa shape index (κ3) is 3.07. The topological polar surface area (TPSA) is 29.5 Å². The smallest absolute Gasteiger partial charge is 0.136 e. The first-order valence-electron chi connectivity index (χ1n) is 6.66. The van der Waals surface area contributed by atoms with Crippen molar-refractivity contribution in [3.8, 4) is 5.75 Å². The van der Waals surface area contributed by atoms with Gasteiger partial charge in [0.25, 0.3) is 0 Å². The first-order chi connectivity index (χ1) is 8.61. The summed E-state index contributed by atoms with van der Waals surface area (Å²) in [5.41, 5.74) is 2.49. The molecule has 0 heterocycles. The highest BCUT2D eigenvalue weighted by molar-refractivity contribution is 9.10. The molecule has 1 aromatic carbocycles. The van der Waals surface area contributed by atoms with E-state index in [0.717, 1.165) is 10.2 Å². The van der Waals surface area contributed by atoms with Gasteiger partial charge in [0.1, 0.15) is 5.75 Å². The molecule has 2 rings (SSSR count). The van der Waals surface area contributed by atoms with Gasteiger partial charge in [0, 0.05) is 0 Å². The largest absolute Gasteiger partial charge is 0.495 e. The predicted molar refractivity (Wildman–Crippen MR) is 77.3 cm³/mol. The van der Waals surface area contributed by atoms with Gasteiger partial charge >= 0.3 is 0 Å². The van der Waals surface area contributed by atoms with Crippen molar-refractivity contribution in [2.45, 2.75) is 51.0 Å². The van der Waals surface area contributed by atoms with Crippen molar-refractivity contribution in [1.29, 1.82) is 0 Å². The lowest BCUT2D eigenvalue weighted by Gasteiger charge is -2.18. The molecule has 2 nitrogen and oxygen atoms in total. The number of benzene rings is 1. The fourth-order valence-corrected chi connectivity index (χ4v) is 3.57. The van der Waals surface area contributed by atoms with Crippen molar-refractivity contribution in [2.75, 3.05) is 7.11 Å². The van der Waals surface area contributed by atoms with Crippen molar-refractivity contribution < 1.29 is 9.84 Å². The van der Waals surface area contributed by atoms with E-state index < -0.39 is 0 Å². The summed E-state index contributed by atoms with van der Waals surface area (Å²) >= 11 is 3.59. The summed E-state index contributed by atoms with van der Waals surface area (Å²) in [4.78, 5) is 0. The summed E-state index contributed by atoms with van der Waals surface area (Å²) in [5, 5.41) is 9.53. The van der Waals surface area contributed by atoms with Gasteiger partial charge in [-0.2, -0.15) is 0 Å². The molecule has 1 unspecified atom stereocenters. The molecule has 0 aromatic heterocycles. The fourth-order valence-electron chi connectivity index (χ4n) is 2.89. The van der Waals surface area contributed by atoms with Crippen molar-refractivity contribution in [1.82, 2.24) is 0 Å². The highest BCUT2D eigenvalue weighted by atomic mass is 79.9. The molecule has 100 valence electrons. The number of hydrogen-bond donors (Lipinski definition) is 1. The number of aliphatic hydroxyl groups is 1. The molecule has 1 aromatic rings. The zero-order valence-electron chi connectivity index (χ0n) is 11.1. The van der Waals surface area contributed by atoms with Crippen LogP contribution in [0.15, 0.2) is 16.6 Å². The number of halogens is 1. The molecule has 1 atom stereocenters. The summed E-state index contributed by atoms with van der Waals surface area (Å²) in [6.45, 7) is 1.83. The monoisotopic (exact) mass is 312 g/mol. The maximum atomic E-state index is 9.53. The van der Waals surface area contributed by atoms with Crippen molar-refractivity contribution >= 4 is 15.9 Å². The lowest BCUT2D eigenvalue weighted by Crippen LogP contribution is -2.06. The minimum Gasteiger partial charge on any atom is -0.495 e. The van der Waals surface area contributed by atoms with Gasteiger partial charge in [0.2, 0.25) is 0 Å². The number of methoxy groups -OCH3 is 1. The first-order valence-corrected chi connectivity index (χ1v) is 7.45. The van der Waals surface area contributed by atoms with E-state index in [4.69, 9.17) is 4.74 Å². The van der Waals surface area contributed by atoms with Gasteiger partial charge in [-0.1, -0.05) is 18.9 Å². The molecule has 0 aliphatic heterocycles. The van der Waals surface area contributed by atoms with Gasteiger partial charge in [0.15, 0.2) is 0 Å². The Hall–Kier alpha value is -0.540. The average molecular weight is 313 g/mol. The van der Waals surface area contributed by atoms with Crippen molar-refractivity contribution in [3.63, 3.8) is 0 Å². The van der Waals surface area contributed by atoms with Gasteiger partial charge in [-0.05, 0) is 65.2 Å². The lowest BCUT2D eigenvalue weighted by atomic mass is 9.93. The summed E-state index contributed by atoms with van der Waals surface area (Å²) in [5.74, 6) is 1.58. The van der Waals surface area contributed by atoms with Crippen molar-refractivity contribution in [3.05, 3.63) is 27.7 Å². The van der Waals surface area contributed by atoms with Crippen LogP contribution in [0.5, 0.6) is 5.75 Å². The molecule has 0 bridgehead atoms. The third-order valence-corrected chi connectivity index (χ3v) is 4.25. The molecule has 1 fully saturated rings. The van der Waals surface area contributed by atoms with Crippen LogP contribution in [0, 0.1) is 0 Å². The second-order valence-electron chi connectivity index (χ2n) is 5.23. The molecule has 1 aliphatic carbocycles. The summed E-state index contributed by atoms with van der Waals surface area (Å²) in [6, 6.07) is 4.27. The van der Waals surface area contributed by atoms with Gasteiger partial charge in [-0.25, -0.2) is 0 Å². The van der Waals surface area contributed by atoms with Crippen LogP contribution in [0.2, 0.25) is 0 Å². The molecule has 0 amide bonds. The van der Waals surface area contributed by atoms with E-state index in [1.54, 1.807) is 7.11 Å². The summed E-state index contributed by atoms with van der Waals surface area (Å²) < 4.78 is 6.54. The van der Waals surface area contributed by atoms with E-state index in [-0.39, 0.29) is 6.10 Å². The minimum absolute atomic E-state index is 0.304. The van der Waals surface area contributed by atoms with E-state index in [9.17, 15) is 5.11 Å². The van der Waals surface area contributed by atoms with E-state index >= 15 is 0 Å². The predicted octanol–water partition coefficient (Wildman–Crippen LogP) is 4.04. The third-order valence-electron chi connectivity index (χ3n) is 3.66. The molecular formula is C15H21BrO2. The van der Waals surface area contributed by atoms with Crippen LogP contribution in [-0.4, -0.2) is 18.3 Å². The lowest BCUT2D eigenvalue weighted by molar-refractivity contribution is 0.195. The Labute approximate surface area is 117 Å². The second-order valence-corrected chi connectivity index (χ2v) is 6.09. The Morgan fingerprint density at radius 1 is 1.39 bits per heavy atom. The second kappa shape index (κ2) is 6.07. The van der Waals surface area contributed by atoms with Crippen LogP contribution >= 0.6 is 15.9 Å². The van der Waals surface area contributed by atoms with Crippen LogP contribution in [0.25, 0.3) is 0 Å². The van der Waals surface area contributed by atoms with Crippen LogP contribution in [0.4, 0.5) is 0 Å². The van der Waals surface area contributed by atoms with Gasteiger partial charge in [-0.15, -0.1) is 0 Å². The number of rotatable bonds is 4. The molecule has 3 heteroatoms. The normalized spacial score (nSPS) is 18.0. The molecule has 18 heavy (non-hydrogen) atoms. The van der Waals surface area contributed by atoms with E-state index in [2.05, 4.69) is 28.1 Å². The molecule has 0 saturated heterocycles. The Bertz CT molecular complexity index is 409. The Kier molecular flexibility index (Phi) is 4.68. The first kappa shape index (κ1) is 13.9. The molecule has 0 spiro atoms. The van der Waals surface area contributed by atoms with Crippen molar-refractivity contribution in [2.24, 2.45) is 0 Å². The molecule has 1 saturated carbocycles. The van der Waals surface area contributed by atoms with Gasteiger partial charge in [0.05, 0.1) is 17.7 Å². The summed E-state index contributed by atoms with van der Waals surface area (Å²) in [6.07, 6.45) is 5.52. The Balaban J connectivity index is 2.36. The Morgan fingerprint density at radius 3 is 2.61 bits per heavy atom. The highest BCUT2D eigenvalue weighted by Crippen LogP contribution is 2.42. The van der Waals surface area contributed by atoms with Crippen LogP contribution in [0.3, 0.4) is 0 Å². The molecule has 1 aliphatic rings. The minimum atomic E-state index is -0.304. The molecule has 1 N–H and O–H groups in total. The van der Waals surface area contributed by atoms with E-state index in [1.165, 1.54) is 36.8 Å². The standard InChI is InChI=1S/C15H21BrO2/c1-10(17)7-11-8-13(12-5-3-4-6-12)15(18-2)14(16)9-11/h8-10,12,17H,3-7H2,1-2H3.